The molecule has 3 rings (SSSR count). The van der Waals surface area contributed by atoms with Gasteiger partial charge in [0.1, 0.15) is 11.6 Å². The minimum atomic E-state index is -0.136. The number of hydrogen-bond acceptors (Lipinski definition) is 2. The molecular formula is C18H20FNO. The molecule has 2 nitrogen and oxygen atoms in total. The highest BCUT2D eigenvalue weighted by Crippen LogP contribution is 2.25. The normalized spacial score (nSPS) is 17.3. The summed E-state index contributed by atoms with van der Waals surface area (Å²) < 4.78 is 18.9. The zero-order valence-electron chi connectivity index (χ0n) is 12.2. The van der Waals surface area contributed by atoms with Crippen LogP contribution in [-0.2, 0) is 19.4 Å². The first kappa shape index (κ1) is 14.1. The van der Waals surface area contributed by atoms with E-state index in [1.807, 2.05) is 18.2 Å². The van der Waals surface area contributed by atoms with Crippen LogP contribution in [0.25, 0.3) is 0 Å². The summed E-state index contributed by atoms with van der Waals surface area (Å²) in [6, 6.07) is 13.6. The molecule has 0 saturated carbocycles. The van der Waals surface area contributed by atoms with Crippen LogP contribution in [-0.4, -0.2) is 13.2 Å². The molecule has 2 aromatic rings. The summed E-state index contributed by atoms with van der Waals surface area (Å²) in [5.74, 6) is 0.770. The largest absolute Gasteiger partial charge is 0.497 e. The zero-order chi connectivity index (χ0) is 14.7. The van der Waals surface area contributed by atoms with Gasteiger partial charge in [-0.25, -0.2) is 4.39 Å². The number of fused-ring (bicyclic) bond motifs is 1. The number of benzene rings is 2. The fourth-order valence-corrected chi connectivity index (χ4v) is 2.93. The van der Waals surface area contributed by atoms with Crippen molar-refractivity contribution in [2.45, 2.75) is 31.8 Å². The lowest BCUT2D eigenvalue weighted by Crippen LogP contribution is -2.34. The second-order valence-corrected chi connectivity index (χ2v) is 5.55. The van der Waals surface area contributed by atoms with Crippen LogP contribution in [0.15, 0.2) is 42.5 Å². The summed E-state index contributed by atoms with van der Waals surface area (Å²) >= 11 is 0. The minimum Gasteiger partial charge on any atom is -0.497 e. The molecule has 1 aliphatic rings. The van der Waals surface area contributed by atoms with Gasteiger partial charge in [0.15, 0.2) is 0 Å². The average Bonchev–Trinajstić information content (AvgIpc) is 2.53. The number of nitrogens with one attached hydrogen (secondary N) is 1. The highest BCUT2D eigenvalue weighted by atomic mass is 19.1. The Kier molecular flexibility index (Phi) is 4.20. The molecule has 1 unspecified atom stereocenters. The summed E-state index contributed by atoms with van der Waals surface area (Å²) in [7, 11) is 1.69. The summed E-state index contributed by atoms with van der Waals surface area (Å²) in [5, 5.41) is 3.48. The van der Waals surface area contributed by atoms with E-state index in [0.29, 0.717) is 12.6 Å². The van der Waals surface area contributed by atoms with Crippen LogP contribution >= 0.6 is 0 Å². The summed E-state index contributed by atoms with van der Waals surface area (Å²) in [4.78, 5) is 0. The summed E-state index contributed by atoms with van der Waals surface area (Å²) in [6.07, 6.45) is 3.13. The second kappa shape index (κ2) is 6.27. The number of aryl methyl sites for hydroxylation is 1. The Bertz CT molecular complexity index is 626. The quantitative estimate of drug-likeness (QED) is 0.928. The zero-order valence-corrected chi connectivity index (χ0v) is 12.2. The van der Waals surface area contributed by atoms with E-state index in [1.165, 1.54) is 17.2 Å². The Labute approximate surface area is 125 Å². The molecule has 21 heavy (non-hydrogen) atoms. The van der Waals surface area contributed by atoms with Crippen molar-refractivity contribution in [2.24, 2.45) is 0 Å². The van der Waals surface area contributed by atoms with Crippen LogP contribution in [0, 0.1) is 5.82 Å². The van der Waals surface area contributed by atoms with Crippen LogP contribution in [0.5, 0.6) is 5.75 Å². The number of rotatable bonds is 4. The summed E-state index contributed by atoms with van der Waals surface area (Å²) in [5.41, 5.74) is 3.47. The molecule has 1 aliphatic carbocycles. The predicted octanol–water partition coefficient (Wildman–Crippen LogP) is 3.48. The molecule has 0 fully saturated rings. The van der Waals surface area contributed by atoms with E-state index < -0.39 is 0 Å². The van der Waals surface area contributed by atoms with E-state index in [-0.39, 0.29) is 5.82 Å². The summed E-state index contributed by atoms with van der Waals surface area (Å²) in [6.45, 7) is 0.580. The SMILES string of the molecule is COc1ccc2c(c1)CC(NCc1ccccc1F)CC2. The molecule has 2 aromatic carbocycles. The van der Waals surface area contributed by atoms with Crippen LogP contribution in [0.3, 0.4) is 0 Å². The Hall–Kier alpha value is -1.87. The Balaban J connectivity index is 1.65. The lowest BCUT2D eigenvalue weighted by Gasteiger charge is -2.26. The van der Waals surface area contributed by atoms with E-state index >= 15 is 0 Å². The fraction of sp³-hybridized carbons (Fsp3) is 0.333. The lowest BCUT2D eigenvalue weighted by molar-refractivity contribution is 0.410. The third kappa shape index (κ3) is 3.24. The molecule has 0 bridgehead atoms. The van der Waals surface area contributed by atoms with Crippen molar-refractivity contribution >= 4 is 0 Å². The molecule has 0 radical (unpaired) electrons. The maximum Gasteiger partial charge on any atom is 0.127 e. The molecule has 0 saturated heterocycles. The standard InChI is InChI=1S/C18H20FNO/c1-21-17-9-7-13-6-8-16(10-15(13)11-17)20-12-14-4-2-3-5-18(14)19/h2-5,7,9,11,16,20H,6,8,10,12H2,1H3. The molecule has 110 valence electrons. The molecule has 0 spiro atoms. The van der Waals surface area contributed by atoms with Crippen LogP contribution < -0.4 is 10.1 Å². The minimum absolute atomic E-state index is 0.136. The molecule has 0 aromatic heterocycles. The van der Waals surface area contributed by atoms with Gasteiger partial charge in [0.2, 0.25) is 0 Å². The van der Waals surface area contributed by atoms with Gasteiger partial charge < -0.3 is 10.1 Å². The first-order valence-electron chi connectivity index (χ1n) is 7.39. The highest BCUT2D eigenvalue weighted by molar-refractivity contribution is 5.38. The maximum absolute atomic E-state index is 13.6. The lowest BCUT2D eigenvalue weighted by atomic mass is 9.88. The predicted molar refractivity (Wildman–Crippen MR) is 82.0 cm³/mol. The highest BCUT2D eigenvalue weighted by Gasteiger charge is 2.19. The van der Waals surface area contributed by atoms with Gasteiger partial charge in [-0.15, -0.1) is 0 Å². The molecular weight excluding hydrogens is 265 g/mol. The molecule has 0 aliphatic heterocycles. The van der Waals surface area contributed by atoms with Gasteiger partial charge in [-0.1, -0.05) is 24.3 Å². The maximum atomic E-state index is 13.6. The van der Waals surface area contributed by atoms with Crippen LogP contribution in [0.4, 0.5) is 4.39 Å². The third-order valence-electron chi connectivity index (χ3n) is 4.18. The molecule has 3 heteroatoms. The number of halogens is 1. The van der Waals surface area contributed by atoms with Crippen molar-refractivity contribution in [3.63, 3.8) is 0 Å². The molecule has 0 amide bonds. The van der Waals surface area contributed by atoms with Gasteiger partial charge in [-0.05, 0) is 48.6 Å². The Morgan fingerprint density at radius 2 is 2.05 bits per heavy atom. The van der Waals surface area contributed by atoms with Gasteiger partial charge in [-0.2, -0.15) is 0 Å². The van der Waals surface area contributed by atoms with Gasteiger partial charge >= 0.3 is 0 Å². The first-order valence-corrected chi connectivity index (χ1v) is 7.39. The number of hydrogen-bond donors (Lipinski definition) is 1. The van der Waals surface area contributed by atoms with Gasteiger partial charge in [-0.3, -0.25) is 0 Å². The number of methoxy groups -OCH3 is 1. The third-order valence-corrected chi connectivity index (χ3v) is 4.18. The van der Waals surface area contributed by atoms with Gasteiger partial charge in [0.25, 0.3) is 0 Å². The monoisotopic (exact) mass is 285 g/mol. The average molecular weight is 285 g/mol. The molecule has 1 N–H and O–H groups in total. The van der Waals surface area contributed by atoms with E-state index in [2.05, 4.69) is 17.4 Å². The topological polar surface area (TPSA) is 21.3 Å². The Morgan fingerprint density at radius 1 is 1.19 bits per heavy atom. The fourth-order valence-electron chi connectivity index (χ4n) is 2.93. The van der Waals surface area contributed by atoms with Crippen molar-refractivity contribution < 1.29 is 9.13 Å². The Morgan fingerprint density at radius 3 is 2.86 bits per heavy atom. The van der Waals surface area contributed by atoms with Crippen molar-refractivity contribution in [2.75, 3.05) is 7.11 Å². The second-order valence-electron chi connectivity index (χ2n) is 5.55. The molecule has 1 atom stereocenters. The molecule has 0 heterocycles. The van der Waals surface area contributed by atoms with Crippen molar-refractivity contribution in [3.05, 3.63) is 65.0 Å². The van der Waals surface area contributed by atoms with E-state index in [9.17, 15) is 4.39 Å². The van der Waals surface area contributed by atoms with E-state index in [0.717, 1.165) is 30.6 Å². The van der Waals surface area contributed by atoms with Crippen molar-refractivity contribution in [1.29, 1.82) is 0 Å². The van der Waals surface area contributed by atoms with Crippen LogP contribution in [0.1, 0.15) is 23.1 Å². The smallest absolute Gasteiger partial charge is 0.127 e. The van der Waals surface area contributed by atoms with Crippen molar-refractivity contribution in [3.8, 4) is 5.75 Å². The first-order chi connectivity index (χ1) is 10.3. The van der Waals surface area contributed by atoms with E-state index in [4.69, 9.17) is 4.74 Å². The van der Waals surface area contributed by atoms with Gasteiger partial charge in [0, 0.05) is 18.2 Å². The van der Waals surface area contributed by atoms with E-state index in [1.54, 1.807) is 13.2 Å². The van der Waals surface area contributed by atoms with Gasteiger partial charge in [0.05, 0.1) is 7.11 Å². The number of ether oxygens (including phenoxy) is 1. The van der Waals surface area contributed by atoms with Crippen LogP contribution in [0.2, 0.25) is 0 Å². The van der Waals surface area contributed by atoms with Crippen molar-refractivity contribution in [1.82, 2.24) is 5.32 Å².